The van der Waals surface area contributed by atoms with Gasteiger partial charge in [-0.2, -0.15) is 0 Å². The van der Waals surface area contributed by atoms with E-state index in [9.17, 15) is 9.59 Å². The topological polar surface area (TPSA) is 62.3 Å². The van der Waals surface area contributed by atoms with Crippen LogP contribution in [-0.2, 0) is 11.3 Å². The lowest BCUT2D eigenvalue weighted by atomic mass is 9.84. The highest BCUT2D eigenvalue weighted by Gasteiger charge is 2.39. The molecule has 148 valence electrons. The molecule has 1 aromatic heterocycles. The van der Waals surface area contributed by atoms with Gasteiger partial charge in [-0.25, -0.2) is 4.98 Å². The van der Waals surface area contributed by atoms with Gasteiger partial charge in [-0.15, -0.1) is 0 Å². The number of fused-ring (bicyclic) bond motifs is 1. The fourth-order valence-corrected chi connectivity index (χ4v) is 5.30. The number of hydrogen-bond acceptors (Lipinski definition) is 4. The lowest BCUT2D eigenvalue weighted by Crippen LogP contribution is -2.45. The van der Waals surface area contributed by atoms with E-state index < -0.39 is 6.04 Å². The number of anilines is 1. The van der Waals surface area contributed by atoms with Crippen molar-refractivity contribution < 1.29 is 9.59 Å². The first-order valence-corrected chi connectivity index (χ1v) is 11.1. The molecule has 1 N–H and O–H groups in total. The molecule has 1 aliphatic heterocycles. The smallest absolute Gasteiger partial charge is 0.256 e. The van der Waals surface area contributed by atoms with Crippen molar-refractivity contribution in [3.63, 3.8) is 0 Å². The highest BCUT2D eigenvalue weighted by Crippen LogP contribution is 2.35. The van der Waals surface area contributed by atoms with Crippen LogP contribution in [0, 0.1) is 5.92 Å². The molecule has 1 aliphatic carbocycles. The Morgan fingerprint density at radius 2 is 2.07 bits per heavy atom. The maximum atomic E-state index is 13.1. The molecule has 28 heavy (non-hydrogen) atoms. The van der Waals surface area contributed by atoms with Crippen molar-refractivity contribution in [1.82, 2.24) is 9.88 Å². The predicted molar refractivity (Wildman–Crippen MR) is 112 cm³/mol. The van der Waals surface area contributed by atoms with Crippen molar-refractivity contribution in [2.24, 2.45) is 5.92 Å². The van der Waals surface area contributed by atoms with Crippen molar-refractivity contribution in [3.8, 4) is 0 Å². The van der Waals surface area contributed by atoms with Gasteiger partial charge in [0.15, 0.2) is 5.13 Å². The van der Waals surface area contributed by atoms with Gasteiger partial charge in [0.05, 0.1) is 16.8 Å². The molecule has 4 rings (SSSR count). The zero-order valence-corrected chi connectivity index (χ0v) is 17.6. The van der Waals surface area contributed by atoms with E-state index in [1.807, 2.05) is 12.1 Å². The van der Waals surface area contributed by atoms with Crippen molar-refractivity contribution >= 4 is 51.5 Å². The Hall–Kier alpha value is -1.63. The summed E-state index contributed by atoms with van der Waals surface area (Å²) >= 11 is 13.4. The minimum absolute atomic E-state index is 0.172. The molecule has 8 heteroatoms. The van der Waals surface area contributed by atoms with Gasteiger partial charge in [0.25, 0.3) is 5.91 Å². The second-order valence-electron chi connectivity index (χ2n) is 7.42. The second kappa shape index (κ2) is 8.39. The average Bonchev–Trinajstić information content (AvgIpc) is 3.24. The number of hydrogen-bond donors (Lipinski definition) is 1. The van der Waals surface area contributed by atoms with Crippen LogP contribution < -0.4 is 5.32 Å². The van der Waals surface area contributed by atoms with Crippen LogP contribution in [0.3, 0.4) is 0 Å². The molecule has 2 aliphatic rings. The third-order valence-corrected chi connectivity index (χ3v) is 6.93. The van der Waals surface area contributed by atoms with Crippen molar-refractivity contribution in [2.75, 3.05) is 5.32 Å². The van der Waals surface area contributed by atoms with E-state index in [0.29, 0.717) is 38.9 Å². The van der Waals surface area contributed by atoms with Crippen LogP contribution in [0.25, 0.3) is 0 Å². The number of benzene rings is 1. The predicted octanol–water partition coefficient (Wildman–Crippen LogP) is 5.38. The van der Waals surface area contributed by atoms with Crippen molar-refractivity contribution in [2.45, 2.75) is 51.1 Å². The Kier molecular flexibility index (Phi) is 5.90. The SMILES string of the molecule is O=C(Nc1ncc(Cl)s1)[C@@H](CC1CCCCC1)N1Cc2cccc(Cl)c2C1=O. The van der Waals surface area contributed by atoms with Gasteiger partial charge >= 0.3 is 0 Å². The number of aromatic nitrogens is 1. The third-order valence-electron chi connectivity index (χ3n) is 5.58. The highest BCUT2D eigenvalue weighted by atomic mass is 35.5. The summed E-state index contributed by atoms with van der Waals surface area (Å²) in [6, 6.07) is 4.90. The third kappa shape index (κ3) is 4.04. The molecule has 0 spiro atoms. The van der Waals surface area contributed by atoms with Gasteiger partial charge < -0.3 is 10.2 Å². The van der Waals surface area contributed by atoms with Crippen molar-refractivity contribution in [3.05, 3.63) is 44.9 Å². The van der Waals surface area contributed by atoms with E-state index in [4.69, 9.17) is 23.2 Å². The van der Waals surface area contributed by atoms with Gasteiger partial charge in [-0.1, -0.05) is 78.8 Å². The first-order valence-electron chi connectivity index (χ1n) is 9.53. The van der Waals surface area contributed by atoms with Gasteiger partial charge in [-0.05, 0) is 24.0 Å². The Morgan fingerprint density at radius 3 is 2.75 bits per heavy atom. The van der Waals surface area contributed by atoms with E-state index in [0.717, 1.165) is 18.4 Å². The number of thiazole rings is 1. The van der Waals surface area contributed by atoms with Crippen molar-refractivity contribution in [1.29, 1.82) is 0 Å². The minimum Gasteiger partial charge on any atom is -0.322 e. The highest BCUT2D eigenvalue weighted by molar-refractivity contribution is 7.19. The molecule has 1 saturated carbocycles. The van der Waals surface area contributed by atoms with Crippen LogP contribution in [0.4, 0.5) is 5.13 Å². The van der Waals surface area contributed by atoms with Gasteiger partial charge in [0.1, 0.15) is 10.4 Å². The monoisotopic (exact) mass is 437 g/mol. The molecule has 0 saturated heterocycles. The lowest BCUT2D eigenvalue weighted by Gasteiger charge is -2.31. The summed E-state index contributed by atoms with van der Waals surface area (Å²) in [4.78, 5) is 32.0. The molecular formula is C20H21Cl2N3O2S. The summed E-state index contributed by atoms with van der Waals surface area (Å²) < 4.78 is 0.510. The first-order chi connectivity index (χ1) is 13.5. The van der Waals surface area contributed by atoms with E-state index in [1.165, 1.54) is 36.8 Å². The Labute approximate surface area is 178 Å². The minimum atomic E-state index is -0.554. The summed E-state index contributed by atoms with van der Waals surface area (Å²) in [6.45, 7) is 0.401. The normalized spacial score (nSPS) is 18.2. The fraction of sp³-hybridized carbons (Fsp3) is 0.450. The van der Waals surface area contributed by atoms with Gasteiger partial charge in [0, 0.05) is 6.54 Å². The lowest BCUT2D eigenvalue weighted by molar-refractivity contribution is -0.121. The zero-order chi connectivity index (χ0) is 19.7. The number of rotatable bonds is 5. The maximum Gasteiger partial charge on any atom is 0.256 e. The summed E-state index contributed by atoms with van der Waals surface area (Å²) in [5.74, 6) is 0.0546. The van der Waals surface area contributed by atoms with Crippen LogP contribution in [0.5, 0.6) is 0 Å². The summed E-state index contributed by atoms with van der Waals surface area (Å²) in [5, 5.41) is 3.74. The molecule has 2 amide bonds. The van der Waals surface area contributed by atoms with Gasteiger partial charge in [0.2, 0.25) is 5.91 Å². The molecule has 0 unspecified atom stereocenters. The largest absolute Gasteiger partial charge is 0.322 e. The first kappa shape index (κ1) is 19.7. The second-order valence-corrected chi connectivity index (χ2v) is 9.49. The number of halogens is 2. The Balaban J connectivity index is 1.58. The van der Waals surface area contributed by atoms with Crippen LogP contribution in [0.2, 0.25) is 9.36 Å². The fourth-order valence-electron chi connectivity index (χ4n) is 4.21. The van der Waals surface area contributed by atoms with E-state index in [1.54, 1.807) is 11.0 Å². The number of nitrogens with one attached hydrogen (secondary N) is 1. The number of amides is 2. The maximum absolute atomic E-state index is 13.1. The number of nitrogens with zero attached hydrogens (tertiary/aromatic N) is 2. The standard InChI is InChI=1S/C20H21Cl2N3O2S/c21-14-8-4-7-13-11-25(19(27)17(13)14)15(9-12-5-2-1-3-6-12)18(26)24-20-23-10-16(22)28-20/h4,7-8,10,12,15H,1-3,5-6,9,11H2,(H,23,24,26)/t15-/m1/s1. The van der Waals surface area contributed by atoms with E-state index in [-0.39, 0.29) is 11.8 Å². The van der Waals surface area contributed by atoms with Crippen LogP contribution >= 0.6 is 34.5 Å². The van der Waals surface area contributed by atoms with Gasteiger partial charge in [-0.3, -0.25) is 9.59 Å². The van der Waals surface area contributed by atoms with E-state index in [2.05, 4.69) is 10.3 Å². The van der Waals surface area contributed by atoms with Crippen LogP contribution in [0.15, 0.2) is 24.4 Å². The Bertz CT molecular complexity index is 895. The molecule has 5 nitrogen and oxygen atoms in total. The number of carbonyl (C=O) groups is 2. The molecule has 2 heterocycles. The summed E-state index contributed by atoms with van der Waals surface area (Å²) in [7, 11) is 0. The van der Waals surface area contributed by atoms with E-state index >= 15 is 0 Å². The molecule has 0 radical (unpaired) electrons. The van der Waals surface area contributed by atoms with Crippen LogP contribution in [-0.4, -0.2) is 27.7 Å². The average molecular weight is 438 g/mol. The molecule has 1 fully saturated rings. The summed E-state index contributed by atoms with van der Waals surface area (Å²) in [6.07, 6.45) is 7.97. The molecule has 1 atom stereocenters. The molecule has 1 aromatic carbocycles. The Morgan fingerprint density at radius 1 is 1.29 bits per heavy atom. The molecule has 2 aromatic rings. The van der Waals surface area contributed by atoms with Crippen LogP contribution in [0.1, 0.15) is 54.4 Å². The molecular weight excluding hydrogens is 417 g/mol. The molecule has 0 bridgehead atoms. The quantitative estimate of drug-likeness (QED) is 0.682. The number of carbonyl (C=O) groups excluding carboxylic acids is 2. The zero-order valence-electron chi connectivity index (χ0n) is 15.3. The summed E-state index contributed by atoms with van der Waals surface area (Å²) in [5.41, 5.74) is 1.39.